The second-order valence-corrected chi connectivity index (χ2v) is 6.65. The van der Waals surface area contributed by atoms with E-state index in [9.17, 15) is 4.79 Å². The molecule has 1 aliphatic heterocycles. The molecule has 3 nitrogen and oxygen atoms in total. The summed E-state index contributed by atoms with van der Waals surface area (Å²) in [6, 6.07) is 0. The van der Waals surface area contributed by atoms with Gasteiger partial charge in [0.25, 0.3) is 0 Å². The first kappa shape index (κ1) is 16.8. The molecule has 19 heavy (non-hydrogen) atoms. The van der Waals surface area contributed by atoms with E-state index in [1.54, 1.807) is 0 Å². The van der Waals surface area contributed by atoms with Crippen molar-refractivity contribution in [2.24, 2.45) is 23.0 Å². The molecule has 2 N–H and O–H groups in total. The van der Waals surface area contributed by atoms with Crippen molar-refractivity contribution >= 4 is 18.3 Å². The average molecular weight is 289 g/mol. The van der Waals surface area contributed by atoms with E-state index in [0.29, 0.717) is 18.4 Å². The van der Waals surface area contributed by atoms with E-state index >= 15 is 0 Å². The normalized spacial score (nSPS) is 35.0. The fourth-order valence-electron chi connectivity index (χ4n) is 3.45. The quantitative estimate of drug-likeness (QED) is 0.868. The molecule has 0 aromatic heterocycles. The van der Waals surface area contributed by atoms with Crippen LogP contribution in [0, 0.1) is 17.3 Å². The van der Waals surface area contributed by atoms with E-state index in [2.05, 4.69) is 18.7 Å². The number of halogens is 1. The summed E-state index contributed by atoms with van der Waals surface area (Å²) in [6.07, 6.45) is 7.04. The van der Waals surface area contributed by atoms with Crippen LogP contribution >= 0.6 is 12.4 Å². The lowest BCUT2D eigenvalue weighted by molar-refractivity contribution is -0.136. The summed E-state index contributed by atoms with van der Waals surface area (Å²) >= 11 is 0. The Kier molecular flexibility index (Phi) is 6.13. The Hall–Kier alpha value is -0.280. The van der Waals surface area contributed by atoms with Gasteiger partial charge in [0.2, 0.25) is 5.91 Å². The van der Waals surface area contributed by atoms with E-state index in [4.69, 9.17) is 5.73 Å². The molecule has 2 aliphatic rings. The molecule has 0 aromatic rings. The van der Waals surface area contributed by atoms with Crippen LogP contribution in [0.4, 0.5) is 0 Å². The van der Waals surface area contributed by atoms with Crippen LogP contribution in [0.1, 0.15) is 52.4 Å². The molecule has 1 unspecified atom stereocenters. The van der Waals surface area contributed by atoms with Crippen molar-refractivity contribution in [2.45, 2.75) is 52.4 Å². The second kappa shape index (κ2) is 6.94. The van der Waals surface area contributed by atoms with Crippen LogP contribution < -0.4 is 5.73 Å². The molecule has 1 saturated heterocycles. The van der Waals surface area contributed by atoms with Crippen LogP contribution in [-0.2, 0) is 4.79 Å². The molecule has 0 radical (unpaired) electrons. The van der Waals surface area contributed by atoms with Crippen molar-refractivity contribution in [2.75, 3.05) is 19.6 Å². The maximum absolute atomic E-state index is 12.5. The summed E-state index contributed by atoms with van der Waals surface area (Å²) < 4.78 is 0. The third-order valence-corrected chi connectivity index (χ3v) is 5.14. The van der Waals surface area contributed by atoms with Gasteiger partial charge in [0.15, 0.2) is 0 Å². The number of rotatable bonds is 3. The SMILES string of the molecule is CCC1CCC(C(=O)N2CCC(C)(CN)C2)CC1.Cl. The van der Waals surface area contributed by atoms with Crippen molar-refractivity contribution in [3.05, 3.63) is 0 Å². The van der Waals surface area contributed by atoms with Crippen molar-refractivity contribution in [1.82, 2.24) is 4.90 Å². The van der Waals surface area contributed by atoms with Crippen LogP contribution in [0.15, 0.2) is 0 Å². The number of hydrogen-bond acceptors (Lipinski definition) is 2. The molecule has 0 spiro atoms. The molecule has 1 amide bonds. The molecule has 2 fully saturated rings. The van der Waals surface area contributed by atoms with Gasteiger partial charge in [0.1, 0.15) is 0 Å². The van der Waals surface area contributed by atoms with E-state index in [1.807, 2.05) is 0 Å². The van der Waals surface area contributed by atoms with E-state index in [1.165, 1.54) is 19.3 Å². The predicted octanol–water partition coefficient (Wildman–Crippen LogP) is 2.82. The monoisotopic (exact) mass is 288 g/mol. The highest BCUT2D eigenvalue weighted by Gasteiger charge is 2.37. The highest BCUT2D eigenvalue weighted by atomic mass is 35.5. The van der Waals surface area contributed by atoms with Gasteiger partial charge in [-0.05, 0) is 50.0 Å². The van der Waals surface area contributed by atoms with E-state index in [0.717, 1.165) is 38.3 Å². The molecule has 1 heterocycles. The van der Waals surface area contributed by atoms with E-state index in [-0.39, 0.29) is 17.8 Å². The van der Waals surface area contributed by atoms with Gasteiger partial charge in [-0.2, -0.15) is 0 Å². The average Bonchev–Trinajstić information content (AvgIpc) is 2.81. The first-order chi connectivity index (χ1) is 8.58. The van der Waals surface area contributed by atoms with Gasteiger partial charge >= 0.3 is 0 Å². The highest BCUT2D eigenvalue weighted by molar-refractivity contribution is 5.85. The zero-order valence-corrected chi connectivity index (χ0v) is 13.2. The Morgan fingerprint density at radius 2 is 1.95 bits per heavy atom. The Morgan fingerprint density at radius 3 is 2.42 bits per heavy atom. The number of amides is 1. The number of hydrogen-bond donors (Lipinski definition) is 1. The molecule has 2 rings (SSSR count). The van der Waals surface area contributed by atoms with Crippen LogP contribution in [0.5, 0.6) is 0 Å². The summed E-state index contributed by atoms with van der Waals surface area (Å²) in [4.78, 5) is 14.6. The zero-order chi connectivity index (χ0) is 13.2. The fraction of sp³-hybridized carbons (Fsp3) is 0.933. The zero-order valence-electron chi connectivity index (χ0n) is 12.4. The number of carbonyl (C=O) groups is 1. The molecule has 0 aromatic carbocycles. The van der Waals surface area contributed by atoms with Crippen molar-refractivity contribution in [3.63, 3.8) is 0 Å². The minimum atomic E-state index is 0. The molecule has 1 aliphatic carbocycles. The molecule has 112 valence electrons. The van der Waals surface area contributed by atoms with Gasteiger partial charge in [0, 0.05) is 19.0 Å². The summed E-state index contributed by atoms with van der Waals surface area (Å²) in [5.74, 6) is 1.57. The van der Waals surface area contributed by atoms with Crippen molar-refractivity contribution in [3.8, 4) is 0 Å². The van der Waals surface area contributed by atoms with E-state index < -0.39 is 0 Å². The maximum atomic E-state index is 12.5. The number of nitrogens with zero attached hydrogens (tertiary/aromatic N) is 1. The molecule has 0 bridgehead atoms. The highest BCUT2D eigenvalue weighted by Crippen LogP contribution is 2.35. The van der Waals surface area contributed by atoms with Crippen LogP contribution in [0.3, 0.4) is 0 Å². The Balaban J connectivity index is 0.00000180. The third-order valence-electron chi connectivity index (χ3n) is 5.14. The number of carbonyl (C=O) groups excluding carboxylic acids is 1. The standard InChI is InChI=1S/C15H28N2O.ClH/c1-3-12-4-6-13(7-5-12)14(18)17-9-8-15(2,10-16)11-17;/h12-13H,3-11,16H2,1-2H3;1H. The summed E-state index contributed by atoms with van der Waals surface area (Å²) in [5.41, 5.74) is 5.97. The van der Waals surface area contributed by atoms with Crippen LogP contribution in [0.2, 0.25) is 0 Å². The topological polar surface area (TPSA) is 46.3 Å². The molecular formula is C15H29ClN2O. The minimum Gasteiger partial charge on any atom is -0.342 e. The maximum Gasteiger partial charge on any atom is 0.225 e. The van der Waals surface area contributed by atoms with Gasteiger partial charge < -0.3 is 10.6 Å². The summed E-state index contributed by atoms with van der Waals surface area (Å²) in [7, 11) is 0. The van der Waals surface area contributed by atoms with Gasteiger partial charge in [-0.3, -0.25) is 4.79 Å². The lowest BCUT2D eigenvalue weighted by atomic mass is 9.80. The Labute approximate surface area is 123 Å². The molecule has 1 saturated carbocycles. The molecule has 1 atom stereocenters. The Morgan fingerprint density at radius 1 is 1.32 bits per heavy atom. The lowest BCUT2D eigenvalue weighted by Gasteiger charge is -2.31. The Bertz CT molecular complexity index is 303. The largest absolute Gasteiger partial charge is 0.342 e. The van der Waals surface area contributed by atoms with Gasteiger partial charge in [-0.25, -0.2) is 0 Å². The predicted molar refractivity (Wildman–Crippen MR) is 81.3 cm³/mol. The second-order valence-electron chi connectivity index (χ2n) is 6.65. The van der Waals surface area contributed by atoms with Crippen molar-refractivity contribution < 1.29 is 4.79 Å². The van der Waals surface area contributed by atoms with Crippen LogP contribution in [-0.4, -0.2) is 30.4 Å². The first-order valence-corrected chi connectivity index (χ1v) is 7.57. The smallest absolute Gasteiger partial charge is 0.225 e. The number of likely N-dealkylation sites (tertiary alicyclic amines) is 1. The fourth-order valence-corrected chi connectivity index (χ4v) is 3.45. The molecule has 4 heteroatoms. The summed E-state index contributed by atoms with van der Waals surface area (Å²) in [6.45, 7) is 6.95. The van der Waals surface area contributed by atoms with Gasteiger partial charge in [-0.1, -0.05) is 20.3 Å². The van der Waals surface area contributed by atoms with Crippen molar-refractivity contribution in [1.29, 1.82) is 0 Å². The first-order valence-electron chi connectivity index (χ1n) is 7.57. The summed E-state index contributed by atoms with van der Waals surface area (Å²) in [5, 5.41) is 0. The van der Waals surface area contributed by atoms with Gasteiger partial charge in [-0.15, -0.1) is 12.4 Å². The third kappa shape index (κ3) is 3.85. The van der Waals surface area contributed by atoms with Crippen LogP contribution in [0.25, 0.3) is 0 Å². The number of nitrogens with two attached hydrogens (primary N) is 1. The lowest BCUT2D eigenvalue weighted by Crippen LogP contribution is -2.38. The minimum absolute atomic E-state index is 0. The van der Waals surface area contributed by atoms with Gasteiger partial charge in [0.05, 0.1) is 0 Å². The molecular weight excluding hydrogens is 260 g/mol.